The molecule has 0 saturated carbocycles. The topological polar surface area (TPSA) is 74.4 Å². The summed E-state index contributed by atoms with van der Waals surface area (Å²) >= 11 is 12.8. The molecular weight excluding hydrogens is 619 g/mol. The van der Waals surface area contributed by atoms with Gasteiger partial charge in [0.1, 0.15) is 22.9 Å². The molecule has 1 saturated heterocycles. The molecule has 1 aliphatic rings. The molecule has 0 bridgehead atoms. The van der Waals surface area contributed by atoms with Crippen LogP contribution in [0, 0.1) is 0 Å². The number of unbranched alkanes of at least 4 members (excludes halogenated alkanes) is 2. The Kier molecular flexibility index (Phi) is 12.3. The molecule has 240 valence electrons. The molecule has 1 heterocycles. The van der Waals surface area contributed by atoms with Crippen molar-refractivity contribution in [2.45, 2.75) is 39.5 Å². The van der Waals surface area contributed by atoms with Gasteiger partial charge in [0.2, 0.25) is 0 Å². The predicted octanol–water partition coefficient (Wildman–Crippen LogP) is 11.5. The number of piperazine rings is 1. The molecule has 0 spiro atoms. The average Bonchev–Trinajstić information content (AvgIpc) is 3.08. The number of hydrogen-bond acceptors (Lipinski definition) is 8. The summed E-state index contributed by atoms with van der Waals surface area (Å²) in [5, 5.41) is 18.5. The maximum Gasteiger partial charge on any atom is 0.120 e. The smallest absolute Gasteiger partial charge is 0.120 e. The summed E-state index contributed by atoms with van der Waals surface area (Å²) in [6.45, 7) is 9.30. The summed E-state index contributed by atoms with van der Waals surface area (Å²) in [5.74, 6) is 1.50. The number of azo groups is 2. The highest BCUT2D eigenvalue weighted by Crippen LogP contribution is 2.33. The van der Waals surface area contributed by atoms with E-state index in [1.54, 1.807) is 12.1 Å². The van der Waals surface area contributed by atoms with E-state index < -0.39 is 0 Å². The lowest BCUT2D eigenvalue weighted by Crippen LogP contribution is -2.46. The van der Waals surface area contributed by atoms with Gasteiger partial charge in [-0.15, -0.1) is 10.2 Å². The zero-order chi connectivity index (χ0) is 32.1. The van der Waals surface area contributed by atoms with Gasteiger partial charge >= 0.3 is 0 Å². The van der Waals surface area contributed by atoms with Crippen LogP contribution in [0.15, 0.2) is 105 Å². The first kappa shape index (κ1) is 33.2. The minimum atomic E-state index is 0.519. The standard InChI is InChI=1S/C36H40Cl2N6O2/c1-3-5-23-45-31-15-17-35(33(37)25-31)41-39-27-7-11-29(12-8-27)43-19-21-44(22-20-43)30-13-9-28(10-14-30)40-42-36-18-16-32(26-34(36)38)46-24-6-4-2/h7-18,25-26H,3-6,19-24H2,1-2H3. The highest BCUT2D eigenvalue weighted by molar-refractivity contribution is 6.33. The number of anilines is 2. The van der Waals surface area contributed by atoms with Crippen LogP contribution in [0.25, 0.3) is 0 Å². The van der Waals surface area contributed by atoms with Crippen LogP contribution < -0.4 is 19.3 Å². The first-order chi connectivity index (χ1) is 22.5. The highest BCUT2D eigenvalue weighted by Gasteiger charge is 2.17. The van der Waals surface area contributed by atoms with E-state index in [-0.39, 0.29) is 0 Å². The van der Waals surface area contributed by atoms with E-state index in [0.717, 1.165) is 74.7 Å². The van der Waals surface area contributed by atoms with E-state index in [1.165, 1.54) is 11.4 Å². The summed E-state index contributed by atoms with van der Waals surface area (Å²) in [4.78, 5) is 4.77. The van der Waals surface area contributed by atoms with Gasteiger partial charge in [0, 0.05) is 49.7 Å². The van der Waals surface area contributed by atoms with Crippen LogP contribution in [-0.4, -0.2) is 39.4 Å². The molecule has 10 heteroatoms. The van der Waals surface area contributed by atoms with Crippen LogP contribution >= 0.6 is 23.2 Å². The molecule has 4 aromatic rings. The number of hydrogen-bond donors (Lipinski definition) is 0. The minimum absolute atomic E-state index is 0.519. The number of ether oxygens (including phenoxy) is 2. The SMILES string of the molecule is CCCCOc1ccc(N=Nc2ccc(N3CCN(c4ccc(N=Nc5ccc(OCCCC)cc5Cl)cc4)CC3)cc2)c(Cl)c1. The second-order valence-corrected chi connectivity index (χ2v) is 11.9. The van der Waals surface area contributed by atoms with Gasteiger partial charge in [-0.2, -0.15) is 10.2 Å². The Labute approximate surface area is 281 Å². The molecule has 0 aliphatic carbocycles. The van der Waals surface area contributed by atoms with Crippen LogP contribution in [0.3, 0.4) is 0 Å². The molecule has 1 fully saturated rings. The van der Waals surface area contributed by atoms with Crippen molar-refractivity contribution in [2.24, 2.45) is 20.5 Å². The van der Waals surface area contributed by atoms with E-state index in [1.807, 2.05) is 48.5 Å². The van der Waals surface area contributed by atoms with Crippen LogP contribution in [0.4, 0.5) is 34.1 Å². The van der Waals surface area contributed by atoms with Crippen molar-refractivity contribution >= 4 is 57.3 Å². The van der Waals surface area contributed by atoms with Gasteiger partial charge in [-0.3, -0.25) is 0 Å². The molecule has 4 aromatic carbocycles. The normalized spacial score (nSPS) is 13.6. The van der Waals surface area contributed by atoms with Gasteiger partial charge in [-0.1, -0.05) is 49.9 Å². The van der Waals surface area contributed by atoms with Gasteiger partial charge < -0.3 is 19.3 Å². The van der Waals surface area contributed by atoms with Crippen molar-refractivity contribution in [3.63, 3.8) is 0 Å². The molecule has 0 aromatic heterocycles. The second kappa shape index (κ2) is 17.0. The first-order valence-corrected chi connectivity index (χ1v) is 16.7. The highest BCUT2D eigenvalue weighted by atomic mass is 35.5. The predicted molar refractivity (Wildman–Crippen MR) is 189 cm³/mol. The largest absolute Gasteiger partial charge is 0.494 e. The molecule has 0 radical (unpaired) electrons. The van der Waals surface area contributed by atoms with Crippen molar-refractivity contribution in [1.82, 2.24) is 0 Å². The van der Waals surface area contributed by atoms with Gasteiger partial charge in [0.05, 0.1) is 34.6 Å². The summed E-state index contributed by atoms with van der Waals surface area (Å²) < 4.78 is 11.4. The summed E-state index contributed by atoms with van der Waals surface area (Å²) in [6, 6.07) is 27.3. The molecule has 46 heavy (non-hydrogen) atoms. The maximum absolute atomic E-state index is 6.40. The monoisotopic (exact) mass is 658 g/mol. The minimum Gasteiger partial charge on any atom is -0.494 e. The van der Waals surface area contributed by atoms with Crippen molar-refractivity contribution in [3.05, 3.63) is 95.0 Å². The third kappa shape index (κ3) is 9.44. The zero-order valence-corrected chi connectivity index (χ0v) is 27.9. The molecule has 0 amide bonds. The molecule has 8 nitrogen and oxygen atoms in total. The first-order valence-electron chi connectivity index (χ1n) is 15.9. The number of nitrogens with zero attached hydrogens (tertiary/aromatic N) is 6. The van der Waals surface area contributed by atoms with Gasteiger partial charge in [0.25, 0.3) is 0 Å². The van der Waals surface area contributed by atoms with Crippen molar-refractivity contribution in [3.8, 4) is 11.5 Å². The van der Waals surface area contributed by atoms with Gasteiger partial charge in [0.15, 0.2) is 0 Å². The Balaban J connectivity index is 1.10. The van der Waals surface area contributed by atoms with Crippen LogP contribution in [0.1, 0.15) is 39.5 Å². The van der Waals surface area contributed by atoms with E-state index in [2.05, 4.69) is 68.4 Å². The van der Waals surface area contributed by atoms with E-state index >= 15 is 0 Å². The Bertz CT molecular complexity index is 1480. The lowest BCUT2D eigenvalue weighted by Gasteiger charge is -2.37. The molecule has 0 atom stereocenters. The Hall–Kier alpha value is -4.14. The fourth-order valence-electron chi connectivity index (χ4n) is 4.89. The van der Waals surface area contributed by atoms with Crippen LogP contribution in [0.2, 0.25) is 10.0 Å². The van der Waals surface area contributed by atoms with Crippen molar-refractivity contribution in [2.75, 3.05) is 49.2 Å². The Morgan fingerprint density at radius 2 is 0.935 bits per heavy atom. The lowest BCUT2D eigenvalue weighted by molar-refractivity contribution is 0.309. The van der Waals surface area contributed by atoms with Crippen LogP contribution in [-0.2, 0) is 0 Å². The van der Waals surface area contributed by atoms with E-state index in [4.69, 9.17) is 32.7 Å². The van der Waals surface area contributed by atoms with Gasteiger partial charge in [-0.05, 0) is 85.6 Å². The Morgan fingerprint density at radius 1 is 0.543 bits per heavy atom. The molecule has 1 aliphatic heterocycles. The number of halogens is 2. The molecular formula is C36H40Cl2N6O2. The maximum atomic E-state index is 6.40. The average molecular weight is 660 g/mol. The summed E-state index contributed by atoms with van der Waals surface area (Å²) in [5.41, 5.74) is 5.11. The van der Waals surface area contributed by atoms with Crippen LogP contribution in [0.5, 0.6) is 11.5 Å². The molecule has 5 rings (SSSR count). The molecule has 0 N–H and O–H groups in total. The molecule has 0 unspecified atom stereocenters. The summed E-state index contributed by atoms with van der Waals surface area (Å²) in [7, 11) is 0. The lowest BCUT2D eigenvalue weighted by atomic mass is 10.2. The number of rotatable bonds is 14. The van der Waals surface area contributed by atoms with E-state index in [9.17, 15) is 0 Å². The Morgan fingerprint density at radius 3 is 1.28 bits per heavy atom. The third-order valence-corrected chi connectivity index (χ3v) is 8.23. The fraction of sp³-hybridized carbons (Fsp3) is 0.333. The van der Waals surface area contributed by atoms with Crippen molar-refractivity contribution < 1.29 is 9.47 Å². The zero-order valence-electron chi connectivity index (χ0n) is 26.4. The second-order valence-electron chi connectivity index (χ2n) is 11.0. The fourth-order valence-corrected chi connectivity index (χ4v) is 5.31. The van der Waals surface area contributed by atoms with Crippen molar-refractivity contribution in [1.29, 1.82) is 0 Å². The van der Waals surface area contributed by atoms with E-state index in [0.29, 0.717) is 34.6 Å². The quantitative estimate of drug-likeness (QED) is 0.0997. The van der Waals surface area contributed by atoms with Gasteiger partial charge in [-0.25, -0.2) is 0 Å². The third-order valence-electron chi connectivity index (χ3n) is 7.63. The summed E-state index contributed by atoms with van der Waals surface area (Å²) in [6.07, 6.45) is 4.19. The number of benzene rings is 4.